The Morgan fingerprint density at radius 1 is 1.38 bits per heavy atom. The van der Waals surface area contributed by atoms with Gasteiger partial charge in [0.1, 0.15) is 0 Å². The highest BCUT2D eigenvalue weighted by molar-refractivity contribution is 6.31. The van der Waals surface area contributed by atoms with Crippen LogP contribution in [0.4, 0.5) is 0 Å². The van der Waals surface area contributed by atoms with Crippen LogP contribution in [0.2, 0.25) is 5.02 Å². The maximum atomic E-state index is 12.0. The number of piperidine rings is 1. The van der Waals surface area contributed by atoms with E-state index in [2.05, 4.69) is 15.5 Å². The minimum absolute atomic E-state index is 0.0476. The molecule has 0 aliphatic carbocycles. The first-order valence-electron chi connectivity index (χ1n) is 7.54. The molecule has 2 N–H and O–H groups in total. The zero-order valence-electron chi connectivity index (χ0n) is 12.6. The van der Waals surface area contributed by atoms with Gasteiger partial charge in [-0.15, -0.1) is 0 Å². The molecule has 1 heterocycles. The summed E-state index contributed by atoms with van der Waals surface area (Å²) in [6, 6.07) is 7.59. The van der Waals surface area contributed by atoms with E-state index < -0.39 is 0 Å². The molecule has 1 amide bonds. The van der Waals surface area contributed by atoms with Crippen molar-refractivity contribution in [1.82, 2.24) is 15.5 Å². The van der Waals surface area contributed by atoms with E-state index in [1.165, 1.54) is 12.8 Å². The molecule has 0 atom stereocenters. The summed E-state index contributed by atoms with van der Waals surface area (Å²) in [5.41, 5.74) is 0.952. The van der Waals surface area contributed by atoms with Crippen molar-refractivity contribution in [3.8, 4) is 0 Å². The molecule has 4 nitrogen and oxygen atoms in total. The number of carbonyl (C=O) groups excluding carboxylic acids is 1. The Morgan fingerprint density at radius 2 is 2.10 bits per heavy atom. The number of halogens is 1. The Morgan fingerprint density at radius 3 is 2.81 bits per heavy atom. The van der Waals surface area contributed by atoms with E-state index in [1.807, 2.05) is 31.3 Å². The molecule has 0 saturated carbocycles. The van der Waals surface area contributed by atoms with Crippen LogP contribution < -0.4 is 10.6 Å². The Bertz CT molecular complexity index is 461. The average molecular weight is 310 g/mol. The van der Waals surface area contributed by atoms with Crippen LogP contribution in [0, 0.1) is 5.92 Å². The molecule has 21 heavy (non-hydrogen) atoms. The molecule has 2 rings (SSSR count). The lowest BCUT2D eigenvalue weighted by Crippen LogP contribution is -2.39. The summed E-state index contributed by atoms with van der Waals surface area (Å²) in [4.78, 5) is 14.1. The van der Waals surface area contributed by atoms with Crippen LogP contribution in [0.5, 0.6) is 0 Å². The van der Waals surface area contributed by atoms with Crippen molar-refractivity contribution in [3.63, 3.8) is 0 Å². The summed E-state index contributed by atoms with van der Waals surface area (Å²) in [5.74, 6) is 0.749. The molecular weight excluding hydrogens is 286 g/mol. The summed E-state index contributed by atoms with van der Waals surface area (Å²) < 4.78 is 0. The van der Waals surface area contributed by atoms with Gasteiger partial charge in [-0.3, -0.25) is 9.69 Å². The number of likely N-dealkylation sites (N-methyl/N-ethyl adjacent to an activating group) is 1. The Kier molecular flexibility index (Phi) is 6.49. The van der Waals surface area contributed by atoms with Gasteiger partial charge in [-0.2, -0.15) is 0 Å². The fourth-order valence-electron chi connectivity index (χ4n) is 2.71. The van der Waals surface area contributed by atoms with E-state index in [0.29, 0.717) is 24.0 Å². The van der Waals surface area contributed by atoms with Gasteiger partial charge in [-0.05, 0) is 50.5 Å². The van der Waals surface area contributed by atoms with E-state index in [0.717, 1.165) is 25.2 Å². The summed E-state index contributed by atoms with van der Waals surface area (Å²) >= 11 is 6.07. The largest absolute Gasteiger partial charge is 0.351 e. The first-order valence-corrected chi connectivity index (χ1v) is 7.92. The van der Waals surface area contributed by atoms with Gasteiger partial charge in [0.25, 0.3) is 0 Å². The van der Waals surface area contributed by atoms with E-state index in [4.69, 9.17) is 11.6 Å². The molecule has 0 unspecified atom stereocenters. The number of benzene rings is 1. The second-order valence-electron chi connectivity index (χ2n) is 5.76. The fraction of sp³-hybridized carbons (Fsp3) is 0.562. The predicted molar refractivity (Wildman–Crippen MR) is 86.4 cm³/mol. The lowest BCUT2D eigenvalue weighted by Gasteiger charge is -2.27. The predicted octanol–water partition coefficient (Wildman–Crippen LogP) is 1.89. The monoisotopic (exact) mass is 309 g/mol. The summed E-state index contributed by atoms with van der Waals surface area (Å²) in [6.45, 7) is 4.10. The zero-order chi connectivity index (χ0) is 15.1. The van der Waals surface area contributed by atoms with Crippen molar-refractivity contribution in [3.05, 3.63) is 34.9 Å². The molecule has 1 fully saturated rings. The standard InChI is InChI=1S/C16H24ClN3O/c1-20(11-13-6-8-18-9-7-13)12-16(21)19-10-14-4-2-3-5-15(14)17/h2-5,13,18H,6-12H2,1H3,(H,19,21). The van der Waals surface area contributed by atoms with Crippen molar-refractivity contribution >= 4 is 17.5 Å². The summed E-state index contributed by atoms with van der Waals surface area (Å²) in [5, 5.41) is 6.99. The van der Waals surface area contributed by atoms with E-state index in [1.54, 1.807) is 0 Å². The van der Waals surface area contributed by atoms with E-state index >= 15 is 0 Å². The van der Waals surface area contributed by atoms with Gasteiger partial charge in [-0.1, -0.05) is 29.8 Å². The smallest absolute Gasteiger partial charge is 0.234 e. The number of hydrogen-bond donors (Lipinski definition) is 2. The summed E-state index contributed by atoms with van der Waals surface area (Å²) in [7, 11) is 2.01. The molecule has 0 spiro atoms. The molecule has 1 aromatic rings. The number of nitrogens with zero attached hydrogens (tertiary/aromatic N) is 1. The number of nitrogens with one attached hydrogen (secondary N) is 2. The summed E-state index contributed by atoms with van der Waals surface area (Å²) in [6.07, 6.45) is 2.40. The lowest BCUT2D eigenvalue weighted by molar-refractivity contribution is -0.122. The molecule has 0 bridgehead atoms. The van der Waals surface area contributed by atoms with Crippen molar-refractivity contribution in [2.24, 2.45) is 5.92 Å². The van der Waals surface area contributed by atoms with E-state index in [9.17, 15) is 4.79 Å². The van der Waals surface area contributed by atoms with Gasteiger partial charge < -0.3 is 10.6 Å². The number of hydrogen-bond acceptors (Lipinski definition) is 3. The van der Waals surface area contributed by atoms with Crippen LogP contribution in [0.1, 0.15) is 18.4 Å². The van der Waals surface area contributed by atoms with Crippen molar-refractivity contribution in [2.75, 3.05) is 33.2 Å². The highest BCUT2D eigenvalue weighted by atomic mass is 35.5. The average Bonchev–Trinajstić information content (AvgIpc) is 2.47. The molecule has 0 radical (unpaired) electrons. The zero-order valence-corrected chi connectivity index (χ0v) is 13.3. The van der Waals surface area contributed by atoms with Crippen LogP contribution in [0.25, 0.3) is 0 Å². The van der Waals surface area contributed by atoms with Crippen molar-refractivity contribution < 1.29 is 4.79 Å². The lowest BCUT2D eigenvalue weighted by atomic mass is 9.98. The number of amides is 1. The third-order valence-electron chi connectivity index (χ3n) is 3.88. The molecule has 1 saturated heterocycles. The van der Waals surface area contributed by atoms with Gasteiger partial charge in [-0.25, -0.2) is 0 Å². The molecule has 0 aromatic heterocycles. The fourth-order valence-corrected chi connectivity index (χ4v) is 2.91. The van der Waals surface area contributed by atoms with Gasteiger partial charge in [0.15, 0.2) is 0 Å². The Labute approximate surface area is 131 Å². The second kappa shape index (κ2) is 8.37. The Hall–Kier alpha value is -1.10. The van der Waals surface area contributed by atoms with Gasteiger partial charge in [0.05, 0.1) is 6.54 Å². The first-order chi connectivity index (χ1) is 10.1. The van der Waals surface area contributed by atoms with E-state index in [-0.39, 0.29) is 5.91 Å². The van der Waals surface area contributed by atoms with Crippen molar-refractivity contribution in [2.45, 2.75) is 19.4 Å². The molecule has 116 valence electrons. The molecule has 5 heteroatoms. The third kappa shape index (κ3) is 5.65. The van der Waals surface area contributed by atoms with Crippen LogP contribution in [0.15, 0.2) is 24.3 Å². The SMILES string of the molecule is CN(CC(=O)NCc1ccccc1Cl)CC1CCNCC1. The first kappa shape index (κ1) is 16.3. The molecule has 1 aliphatic heterocycles. The topological polar surface area (TPSA) is 44.4 Å². The Balaban J connectivity index is 1.70. The van der Waals surface area contributed by atoms with Crippen LogP contribution in [0.3, 0.4) is 0 Å². The van der Waals surface area contributed by atoms with Gasteiger partial charge >= 0.3 is 0 Å². The minimum Gasteiger partial charge on any atom is -0.351 e. The van der Waals surface area contributed by atoms with Gasteiger partial charge in [0.2, 0.25) is 5.91 Å². The third-order valence-corrected chi connectivity index (χ3v) is 4.24. The minimum atomic E-state index is 0.0476. The molecular formula is C16H24ClN3O. The van der Waals surface area contributed by atoms with Crippen LogP contribution in [-0.4, -0.2) is 44.0 Å². The maximum absolute atomic E-state index is 12.0. The highest BCUT2D eigenvalue weighted by Crippen LogP contribution is 2.14. The van der Waals surface area contributed by atoms with Crippen LogP contribution >= 0.6 is 11.6 Å². The second-order valence-corrected chi connectivity index (χ2v) is 6.17. The van der Waals surface area contributed by atoms with Gasteiger partial charge in [0, 0.05) is 18.1 Å². The normalized spacial score (nSPS) is 16.1. The van der Waals surface area contributed by atoms with Crippen LogP contribution in [-0.2, 0) is 11.3 Å². The number of rotatable bonds is 6. The highest BCUT2D eigenvalue weighted by Gasteiger charge is 2.16. The number of carbonyl (C=O) groups is 1. The molecule has 1 aromatic carbocycles. The maximum Gasteiger partial charge on any atom is 0.234 e. The molecule has 1 aliphatic rings. The quantitative estimate of drug-likeness (QED) is 0.843. The van der Waals surface area contributed by atoms with Crippen molar-refractivity contribution in [1.29, 1.82) is 0 Å².